The molecule has 10 rings (SSSR count). The molecule has 4 aliphatic rings. The summed E-state index contributed by atoms with van der Waals surface area (Å²) in [4.78, 5) is 59.6. The molecule has 13 nitrogen and oxygen atoms in total. The van der Waals surface area contributed by atoms with Crippen molar-refractivity contribution in [2.24, 2.45) is 20.0 Å². The van der Waals surface area contributed by atoms with E-state index in [9.17, 15) is 28.7 Å². The fourth-order valence-electron chi connectivity index (χ4n) is 9.50. The molecule has 3 unspecified atom stereocenters. The molecule has 3 aromatic carbocycles. The molecule has 1 saturated carbocycles. The first kappa shape index (κ1) is 37.8. The number of aryl methyl sites for hydroxylation is 2. The Balaban J connectivity index is 1.01. The summed E-state index contributed by atoms with van der Waals surface area (Å²) in [7, 11) is 4.69. The molecule has 1 aliphatic carbocycles. The van der Waals surface area contributed by atoms with Crippen molar-refractivity contribution in [3.8, 4) is 33.8 Å². The largest absolute Gasteiger partial charge is 0.507 e. The Labute approximate surface area is 340 Å². The number of nitrogens with zero attached hydrogens (tertiary/aromatic N) is 6. The number of aromatic nitrogens is 4. The fraction of sp³-hybridized carbons (Fsp3) is 0.341. The molecule has 3 aliphatic heterocycles. The van der Waals surface area contributed by atoms with Gasteiger partial charge >= 0.3 is 5.69 Å². The van der Waals surface area contributed by atoms with Crippen LogP contribution >= 0.6 is 0 Å². The number of phenols is 1. The van der Waals surface area contributed by atoms with Gasteiger partial charge in [0.2, 0.25) is 11.8 Å². The van der Waals surface area contributed by atoms with Gasteiger partial charge in [-0.1, -0.05) is 24.3 Å². The number of phenolic OH excluding ortho intramolecular Hbond substituents is 1. The standard InChI is InChI=1S/C44H40F3N7O6/c1-50-20-29(27-14-38(53-18-25(45)19-53)48-16-28(27)42(50)58)23-12-36(55)30(37(13-23)60-3)21-52-17-24-11-22(7-8-31(24)44(46,47)32-15-35(32)52)26-5-4-6-33-40(26)51(2)43(59)54(33)34-9-10-39(56)49-41(34)57/h4-8,11-14,16,20,25,32,34-35,55H,9-10,15,17-19,21H2,1-3H3,(H,49,56,57). The van der Waals surface area contributed by atoms with Crippen LogP contribution in [-0.2, 0) is 42.7 Å². The molecule has 2 amide bonds. The smallest absolute Gasteiger partial charge is 0.329 e. The Bertz CT molecular complexity index is 2950. The molecular weight excluding hydrogens is 780 g/mol. The van der Waals surface area contributed by atoms with Gasteiger partial charge in [0.1, 0.15) is 29.5 Å². The molecule has 2 saturated heterocycles. The van der Waals surface area contributed by atoms with Crippen molar-refractivity contribution in [3.05, 3.63) is 105 Å². The number of halogens is 3. The van der Waals surface area contributed by atoms with E-state index in [0.717, 1.165) is 0 Å². The first-order chi connectivity index (χ1) is 28.7. The fourth-order valence-corrected chi connectivity index (χ4v) is 9.50. The maximum atomic E-state index is 16.3. The predicted molar refractivity (Wildman–Crippen MR) is 217 cm³/mol. The van der Waals surface area contributed by atoms with Gasteiger partial charge in [-0.05, 0) is 59.9 Å². The summed E-state index contributed by atoms with van der Waals surface area (Å²) >= 11 is 0. The van der Waals surface area contributed by atoms with Crippen molar-refractivity contribution in [1.82, 2.24) is 28.9 Å². The highest BCUT2D eigenvalue weighted by Gasteiger charge is 2.60. The number of hydrogen-bond acceptors (Lipinski definition) is 9. The first-order valence-electron chi connectivity index (χ1n) is 19.8. The maximum absolute atomic E-state index is 16.3. The molecule has 3 atom stereocenters. The summed E-state index contributed by atoms with van der Waals surface area (Å²) in [6.45, 7) is 0.635. The number of piperidine rings is 1. The highest BCUT2D eigenvalue weighted by atomic mass is 19.3. The van der Waals surface area contributed by atoms with Crippen LogP contribution in [0.3, 0.4) is 0 Å². The van der Waals surface area contributed by atoms with Crippen molar-refractivity contribution in [2.45, 2.75) is 56.5 Å². The van der Waals surface area contributed by atoms with Gasteiger partial charge in [0.05, 0.1) is 36.6 Å². The Morgan fingerprint density at radius 1 is 0.983 bits per heavy atom. The van der Waals surface area contributed by atoms with Crippen molar-refractivity contribution >= 4 is 39.4 Å². The van der Waals surface area contributed by atoms with Crippen molar-refractivity contribution in [3.63, 3.8) is 0 Å². The number of methoxy groups -OCH3 is 1. The van der Waals surface area contributed by atoms with Crippen LogP contribution in [0.2, 0.25) is 0 Å². The Kier molecular flexibility index (Phi) is 8.55. The zero-order valence-corrected chi connectivity index (χ0v) is 32.9. The Hall–Kier alpha value is -6.42. The number of ether oxygens (including phenoxy) is 1. The molecular formula is C44H40F3N7O6. The number of hydrogen-bond donors (Lipinski definition) is 2. The Morgan fingerprint density at radius 2 is 1.78 bits per heavy atom. The van der Waals surface area contributed by atoms with E-state index in [1.807, 2.05) is 11.0 Å². The Morgan fingerprint density at radius 3 is 2.53 bits per heavy atom. The van der Waals surface area contributed by atoms with Crippen LogP contribution in [0.4, 0.5) is 19.0 Å². The maximum Gasteiger partial charge on any atom is 0.329 e. The van der Waals surface area contributed by atoms with Gasteiger partial charge in [-0.3, -0.25) is 33.7 Å². The lowest BCUT2D eigenvalue weighted by molar-refractivity contribution is -0.135. The molecule has 3 aromatic heterocycles. The number of nitrogens with one attached hydrogen (secondary N) is 1. The van der Waals surface area contributed by atoms with Crippen LogP contribution in [0.5, 0.6) is 11.5 Å². The van der Waals surface area contributed by atoms with Gasteiger partial charge in [0.15, 0.2) is 0 Å². The number of amides is 2. The molecule has 16 heteroatoms. The number of imidazole rings is 1. The molecule has 308 valence electrons. The van der Waals surface area contributed by atoms with Crippen LogP contribution in [0.1, 0.15) is 42.0 Å². The number of carbonyl (C=O) groups is 2. The number of alkyl halides is 3. The van der Waals surface area contributed by atoms with E-state index >= 15 is 8.78 Å². The van der Waals surface area contributed by atoms with E-state index in [1.165, 1.54) is 33.1 Å². The zero-order valence-electron chi connectivity index (χ0n) is 32.9. The molecule has 6 aromatic rings. The lowest BCUT2D eigenvalue weighted by atomic mass is 9.93. The number of pyridine rings is 2. The van der Waals surface area contributed by atoms with Gasteiger partial charge in [-0.15, -0.1) is 0 Å². The summed E-state index contributed by atoms with van der Waals surface area (Å²) in [6, 6.07) is 13.8. The molecule has 0 spiro atoms. The summed E-state index contributed by atoms with van der Waals surface area (Å²) in [5, 5.41) is 14.9. The lowest BCUT2D eigenvalue weighted by Crippen LogP contribution is -2.48. The second kappa shape index (κ2) is 13.6. The van der Waals surface area contributed by atoms with Gasteiger partial charge in [0, 0.05) is 85.6 Å². The van der Waals surface area contributed by atoms with Crippen molar-refractivity contribution in [2.75, 3.05) is 25.1 Å². The molecule has 0 radical (unpaired) electrons. The number of rotatable bonds is 7. The summed E-state index contributed by atoms with van der Waals surface area (Å²) in [5.41, 5.74) is 3.43. The van der Waals surface area contributed by atoms with E-state index in [0.29, 0.717) is 66.8 Å². The van der Waals surface area contributed by atoms with Crippen LogP contribution in [0.15, 0.2) is 76.6 Å². The number of para-hydroxylation sites is 1. The van der Waals surface area contributed by atoms with Gasteiger partial charge in [0.25, 0.3) is 11.5 Å². The molecule has 60 heavy (non-hydrogen) atoms. The topological polar surface area (TPSA) is 144 Å². The summed E-state index contributed by atoms with van der Waals surface area (Å²) in [6.07, 6.45) is 2.74. The van der Waals surface area contributed by atoms with E-state index in [-0.39, 0.29) is 62.3 Å². The van der Waals surface area contributed by atoms with E-state index in [2.05, 4.69) is 10.3 Å². The normalized spacial score (nSPS) is 21.4. The number of fused-ring (bicyclic) bond motifs is 4. The number of anilines is 1. The molecule has 2 N–H and O–H groups in total. The molecule has 3 fully saturated rings. The number of carbonyl (C=O) groups excluding carboxylic acids is 2. The highest BCUT2D eigenvalue weighted by molar-refractivity contribution is 6.01. The van der Waals surface area contributed by atoms with Crippen LogP contribution in [0, 0.1) is 5.92 Å². The minimum absolute atomic E-state index is 0.0781. The van der Waals surface area contributed by atoms with E-state index in [1.54, 1.807) is 67.7 Å². The van der Waals surface area contributed by atoms with E-state index in [4.69, 9.17) is 4.74 Å². The minimum atomic E-state index is -3.13. The summed E-state index contributed by atoms with van der Waals surface area (Å²) in [5.74, 6) is -4.27. The lowest BCUT2D eigenvalue weighted by Gasteiger charge is -2.35. The van der Waals surface area contributed by atoms with Crippen LogP contribution < -0.4 is 26.2 Å². The van der Waals surface area contributed by atoms with Gasteiger partial charge in [-0.25, -0.2) is 22.9 Å². The second-order valence-corrected chi connectivity index (χ2v) is 16.4. The van der Waals surface area contributed by atoms with Gasteiger partial charge in [-0.2, -0.15) is 0 Å². The number of aromatic hydroxyl groups is 1. The summed E-state index contributed by atoms with van der Waals surface area (Å²) < 4.78 is 56.4. The number of imide groups is 1. The second-order valence-electron chi connectivity index (χ2n) is 16.4. The van der Waals surface area contributed by atoms with Crippen molar-refractivity contribution in [1.29, 1.82) is 0 Å². The average Bonchev–Trinajstić information content (AvgIpc) is 4.00. The zero-order chi connectivity index (χ0) is 41.9. The SMILES string of the molecule is COc1cc(-c2cn(C)c(=O)c3cnc(N4CC(F)C4)cc23)cc(O)c1CN1Cc2cc(-c3cccc4c3n(C)c(=O)n4C3CCC(=O)NC3=O)ccc2C(F)(F)C2CC21. The third-order valence-electron chi connectivity index (χ3n) is 12.8. The third kappa shape index (κ3) is 5.82. The third-order valence-corrected chi connectivity index (χ3v) is 12.8. The van der Waals surface area contributed by atoms with Crippen molar-refractivity contribution < 1.29 is 32.6 Å². The van der Waals surface area contributed by atoms with Crippen LogP contribution in [0.25, 0.3) is 44.1 Å². The number of benzene rings is 3. The minimum Gasteiger partial charge on any atom is -0.507 e. The van der Waals surface area contributed by atoms with Gasteiger partial charge < -0.3 is 19.3 Å². The average molecular weight is 820 g/mol. The van der Waals surface area contributed by atoms with Crippen LogP contribution in [-0.4, -0.2) is 72.9 Å². The molecule has 6 heterocycles. The highest BCUT2D eigenvalue weighted by Crippen LogP contribution is 2.56. The van der Waals surface area contributed by atoms with E-state index < -0.39 is 47.6 Å². The molecule has 0 bridgehead atoms. The predicted octanol–water partition coefficient (Wildman–Crippen LogP) is 5.27. The first-order valence-corrected chi connectivity index (χ1v) is 19.8. The quantitative estimate of drug-likeness (QED) is 0.206. The monoisotopic (exact) mass is 819 g/mol.